The van der Waals surface area contributed by atoms with Gasteiger partial charge in [0.25, 0.3) is 11.8 Å². The number of benzene rings is 4. The first-order valence-corrected chi connectivity index (χ1v) is 16.7. The molecule has 8 nitrogen and oxygen atoms in total. The van der Waals surface area contributed by atoms with Crippen molar-refractivity contribution in [2.75, 3.05) is 9.80 Å². The first kappa shape index (κ1) is 29.6. The number of nitrogens with zero attached hydrogens (tertiary/aromatic N) is 4. The summed E-state index contributed by atoms with van der Waals surface area (Å²) in [7, 11) is 0. The fourth-order valence-electron chi connectivity index (χ4n) is 6.31. The molecule has 6 aromatic rings. The largest absolute Gasteiger partial charge is 0.450 e. The van der Waals surface area contributed by atoms with Crippen molar-refractivity contribution < 1.29 is 18.4 Å². The van der Waals surface area contributed by atoms with Crippen LogP contribution in [0.4, 0.5) is 15.2 Å². The third-order valence-corrected chi connectivity index (χ3v) is 10.8. The second-order valence-corrected chi connectivity index (χ2v) is 13.9. The molecule has 47 heavy (non-hydrogen) atoms. The van der Waals surface area contributed by atoms with Crippen LogP contribution in [0, 0.1) is 12.7 Å². The van der Waals surface area contributed by atoms with Crippen molar-refractivity contribution in [3.63, 3.8) is 0 Å². The summed E-state index contributed by atoms with van der Waals surface area (Å²) in [5, 5.41) is 9.57. The molecule has 1 spiro atoms. The van der Waals surface area contributed by atoms with Crippen molar-refractivity contribution in [2.45, 2.75) is 29.1 Å². The van der Waals surface area contributed by atoms with E-state index in [-0.39, 0.29) is 45.5 Å². The highest BCUT2D eigenvalue weighted by Crippen LogP contribution is 2.55. The summed E-state index contributed by atoms with van der Waals surface area (Å²) in [6.07, 6.45) is 0. The van der Waals surface area contributed by atoms with Gasteiger partial charge in [0.15, 0.2) is 15.3 Å². The first-order valence-electron chi connectivity index (χ1n) is 14.6. The number of carbonyl (C=O) groups excluding carboxylic acids is 2. The third-order valence-electron chi connectivity index (χ3n) is 8.43. The van der Waals surface area contributed by atoms with E-state index in [1.165, 1.54) is 22.7 Å². The minimum atomic E-state index is -1.92. The smallest absolute Gasteiger partial charge is 0.297 e. The van der Waals surface area contributed by atoms with Gasteiger partial charge in [0, 0.05) is 16.3 Å². The molecule has 2 amide bonds. The molecule has 4 aromatic carbocycles. The Labute approximate surface area is 280 Å². The zero-order valence-corrected chi connectivity index (χ0v) is 27.0. The van der Waals surface area contributed by atoms with Gasteiger partial charge in [-0.3, -0.25) is 19.3 Å². The summed E-state index contributed by atoms with van der Waals surface area (Å²) in [6.45, 7) is 2.01. The van der Waals surface area contributed by atoms with Gasteiger partial charge >= 0.3 is 0 Å². The van der Waals surface area contributed by atoms with Crippen LogP contribution in [0.5, 0.6) is 0 Å². The summed E-state index contributed by atoms with van der Waals surface area (Å²) >= 11 is 8.47. The number of anilines is 2. The van der Waals surface area contributed by atoms with Crippen molar-refractivity contribution >= 4 is 68.3 Å². The molecule has 0 fully saturated rings. The topological polar surface area (TPSA) is 96.6 Å². The Morgan fingerprint density at radius 1 is 0.957 bits per heavy atom. The second kappa shape index (κ2) is 11.2. The number of aromatic nitrogens is 2. The number of aryl methyl sites for hydroxylation is 1. The van der Waals surface area contributed by atoms with Crippen LogP contribution in [0.15, 0.2) is 105 Å². The lowest BCUT2D eigenvalue weighted by atomic mass is 9.84. The molecule has 0 bridgehead atoms. The predicted molar refractivity (Wildman–Crippen MR) is 180 cm³/mol. The number of para-hydroxylation sites is 1. The van der Waals surface area contributed by atoms with E-state index in [4.69, 9.17) is 16.0 Å². The molecule has 0 radical (unpaired) electrons. The maximum absolute atomic E-state index is 15.1. The van der Waals surface area contributed by atoms with Gasteiger partial charge in [-0.25, -0.2) is 4.39 Å². The van der Waals surface area contributed by atoms with Gasteiger partial charge in [-0.2, -0.15) is 0 Å². The molecule has 1 unspecified atom stereocenters. The van der Waals surface area contributed by atoms with E-state index in [0.717, 1.165) is 22.5 Å². The number of carbonyl (C=O) groups is 2. The summed E-state index contributed by atoms with van der Waals surface area (Å²) in [5.74, 6) is -1.47. The Morgan fingerprint density at radius 2 is 1.72 bits per heavy atom. The Balaban J connectivity index is 1.32. The van der Waals surface area contributed by atoms with Gasteiger partial charge in [-0.1, -0.05) is 94.9 Å². The van der Waals surface area contributed by atoms with E-state index in [2.05, 4.69) is 10.2 Å². The third kappa shape index (κ3) is 4.52. The number of hydrogen-bond donors (Lipinski definition) is 0. The van der Waals surface area contributed by atoms with Crippen LogP contribution >= 0.6 is 34.7 Å². The van der Waals surface area contributed by atoms with E-state index in [9.17, 15) is 14.0 Å². The number of thioether (sulfide) groups is 1. The zero-order chi connectivity index (χ0) is 32.4. The summed E-state index contributed by atoms with van der Waals surface area (Å²) in [4.78, 5) is 46.9. The maximum atomic E-state index is 15.1. The summed E-state index contributed by atoms with van der Waals surface area (Å²) in [5.41, 5.74) is 0.883. The van der Waals surface area contributed by atoms with Crippen LogP contribution < -0.4 is 15.2 Å². The van der Waals surface area contributed by atoms with E-state index < -0.39 is 22.8 Å². The Morgan fingerprint density at radius 3 is 2.53 bits per heavy atom. The van der Waals surface area contributed by atoms with Crippen LogP contribution in [0.1, 0.15) is 38.4 Å². The molecule has 1 atom stereocenters. The molecule has 12 heteroatoms. The molecule has 0 saturated heterocycles. The van der Waals surface area contributed by atoms with Crippen LogP contribution in [-0.4, -0.2) is 22.0 Å². The fraction of sp³-hybridized carbons (Fsp3) is 0.114. The van der Waals surface area contributed by atoms with Gasteiger partial charge in [0.05, 0.1) is 23.2 Å². The van der Waals surface area contributed by atoms with Crippen LogP contribution in [0.25, 0.3) is 11.0 Å². The normalized spacial score (nSPS) is 16.8. The van der Waals surface area contributed by atoms with E-state index in [1.807, 2.05) is 19.1 Å². The molecule has 8 rings (SSSR count). The molecule has 0 N–H and O–H groups in total. The number of halogens is 2. The number of amides is 2. The molecule has 2 aliphatic rings. The molecule has 232 valence electrons. The standard InChI is InChI=1S/C35H22ClFN4O4S2/c1-19-10-15-27-23(16-19)29(42)28-30(45-27)31(43)41(33-38-39-34(47-33)46-18-21-6-2-4-8-25(21)37)35(28)24-7-3-5-9-26(24)40(32(35)44)17-20-11-13-22(36)14-12-20/h2-16H,17-18H2,1H3. The van der Waals surface area contributed by atoms with Crippen molar-refractivity contribution in [3.05, 3.63) is 146 Å². The highest BCUT2D eigenvalue weighted by atomic mass is 35.5. The summed E-state index contributed by atoms with van der Waals surface area (Å²) in [6, 6.07) is 25.8. The van der Waals surface area contributed by atoms with Crippen LogP contribution in [0.2, 0.25) is 5.02 Å². The minimum absolute atomic E-state index is 0.0626. The highest BCUT2D eigenvalue weighted by molar-refractivity contribution is 8.00. The Hall–Kier alpha value is -4.84. The Bertz CT molecular complexity index is 2330. The van der Waals surface area contributed by atoms with Gasteiger partial charge in [-0.05, 0) is 54.4 Å². The quantitative estimate of drug-likeness (QED) is 0.133. The molecule has 2 aliphatic heterocycles. The molecule has 4 heterocycles. The lowest BCUT2D eigenvalue weighted by Gasteiger charge is -2.32. The molecule has 2 aromatic heterocycles. The molecule has 0 aliphatic carbocycles. The van der Waals surface area contributed by atoms with Crippen molar-refractivity contribution in [2.24, 2.45) is 0 Å². The molecule has 0 saturated carbocycles. The van der Waals surface area contributed by atoms with Crippen molar-refractivity contribution in [1.29, 1.82) is 0 Å². The highest BCUT2D eigenvalue weighted by Gasteiger charge is 2.66. The lowest BCUT2D eigenvalue weighted by Crippen LogP contribution is -2.53. The molecular formula is C35H22ClFN4O4S2. The first-order chi connectivity index (χ1) is 22.8. The second-order valence-electron chi connectivity index (χ2n) is 11.3. The number of rotatable bonds is 6. The van der Waals surface area contributed by atoms with Gasteiger partial charge in [0.2, 0.25) is 10.9 Å². The van der Waals surface area contributed by atoms with E-state index in [1.54, 1.807) is 77.7 Å². The lowest BCUT2D eigenvalue weighted by molar-refractivity contribution is -0.121. The van der Waals surface area contributed by atoms with E-state index >= 15 is 4.79 Å². The SMILES string of the molecule is Cc1ccc2oc3c(c(=O)c2c1)C1(C(=O)N(Cc2ccc(Cl)cc2)c2ccccc21)N(c1nnc(SCc2ccccc2F)s1)C3=O. The average Bonchev–Trinajstić information content (AvgIpc) is 3.71. The average molecular weight is 681 g/mol. The van der Waals surface area contributed by atoms with Gasteiger partial charge in [-0.15, -0.1) is 10.2 Å². The predicted octanol–water partition coefficient (Wildman–Crippen LogP) is 7.49. The number of fused-ring (bicyclic) bond motifs is 5. The van der Waals surface area contributed by atoms with Gasteiger partial charge < -0.3 is 9.32 Å². The minimum Gasteiger partial charge on any atom is -0.450 e. The van der Waals surface area contributed by atoms with Crippen molar-refractivity contribution in [3.8, 4) is 0 Å². The zero-order valence-electron chi connectivity index (χ0n) is 24.6. The van der Waals surface area contributed by atoms with E-state index in [0.29, 0.717) is 26.2 Å². The Kier molecular flexibility index (Phi) is 7.01. The monoisotopic (exact) mass is 680 g/mol. The fourth-order valence-corrected chi connectivity index (χ4v) is 8.32. The van der Waals surface area contributed by atoms with Crippen molar-refractivity contribution in [1.82, 2.24) is 10.2 Å². The van der Waals surface area contributed by atoms with Gasteiger partial charge in [0.1, 0.15) is 11.4 Å². The summed E-state index contributed by atoms with van der Waals surface area (Å²) < 4.78 is 21.0. The maximum Gasteiger partial charge on any atom is 0.297 e. The molecular weight excluding hydrogens is 659 g/mol. The van der Waals surface area contributed by atoms with Crippen LogP contribution in [0.3, 0.4) is 0 Å². The van der Waals surface area contributed by atoms with Crippen LogP contribution in [-0.2, 0) is 22.6 Å². The number of hydrogen-bond acceptors (Lipinski definition) is 8.